The highest BCUT2D eigenvalue weighted by Gasteiger charge is 2.34. The van der Waals surface area contributed by atoms with E-state index in [2.05, 4.69) is 15.6 Å². The van der Waals surface area contributed by atoms with Crippen molar-refractivity contribution >= 4 is 28.5 Å². The van der Waals surface area contributed by atoms with Crippen molar-refractivity contribution in [2.24, 2.45) is 0 Å². The second-order valence-electron chi connectivity index (χ2n) is 6.69. The van der Waals surface area contributed by atoms with Gasteiger partial charge in [0.2, 0.25) is 0 Å². The molecule has 4 N–H and O–H groups in total. The molecule has 1 heterocycles. The molecule has 0 atom stereocenters. The Hall–Kier alpha value is -1.72. The Bertz CT molecular complexity index is 735. The molecule has 0 aliphatic heterocycles. The average Bonchev–Trinajstić information content (AvgIpc) is 3.13. The van der Waals surface area contributed by atoms with E-state index in [0.717, 1.165) is 48.7 Å². The Morgan fingerprint density at radius 1 is 1.38 bits per heavy atom. The number of aliphatic hydroxyl groups is 1. The summed E-state index contributed by atoms with van der Waals surface area (Å²) in [6, 6.07) is 5.58. The first-order valence-electron chi connectivity index (χ1n) is 8.47. The van der Waals surface area contributed by atoms with Gasteiger partial charge in [-0.3, -0.25) is 0 Å². The Balaban J connectivity index is 1.59. The predicted octanol–water partition coefficient (Wildman–Crippen LogP) is 3.28. The number of nitrogens with one attached hydrogen (secondary N) is 3. The van der Waals surface area contributed by atoms with Gasteiger partial charge in [-0.1, -0.05) is 24.4 Å². The lowest BCUT2D eigenvalue weighted by molar-refractivity contribution is 0.163. The number of aryl methyl sites for hydroxylation is 1. The smallest absolute Gasteiger partial charge is 0.315 e. The van der Waals surface area contributed by atoms with Gasteiger partial charge < -0.3 is 20.7 Å². The van der Waals surface area contributed by atoms with Crippen molar-refractivity contribution in [3.05, 3.63) is 34.5 Å². The normalized spacial score (nSPS) is 16.5. The summed E-state index contributed by atoms with van der Waals surface area (Å²) in [5.41, 5.74) is 2.89. The summed E-state index contributed by atoms with van der Waals surface area (Å²) >= 11 is 6.09. The van der Waals surface area contributed by atoms with E-state index in [-0.39, 0.29) is 12.6 Å². The molecule has 1 aromatic heterocycles. The number of hydrogen-bond donors (Lipinski definition) is 4. The van der Waals surface area contributed by atoms with E-state index in [4.69, 9.17) is 11.6 Å². The van der Waals surface area contributed by atoms with Crippen LogP contribution in [0.5, 0.6) is 0 Å². The quantitative estimate of drug-likeness (QED) is 0.668. The van der Waals surface area contributed by atoms with Crippen LogP contribution in [-0.2, 0) is 6.42 Å². The van der Waals surface area contributed by atoms with Crippen LogP contribution in [0.4, 0.5) is 4.79 Å². The number of hydrogen-bond acceptors (Lipinski definition) is 2. The fourth-order valence-electron chi connectivity index (χ4n) is 3.64. The molecule has 1 aliphatic carbocycles. The Labute approximate surface area is 146 Å². The topological polar surface area (TPSA) is 77.2 Å². The third-order valence-electron chi connectivity index (χ3n) is 4.98. The van der Waals surface area contributed by atoms with E-state index in [1.807, 2.05) is 25.1 Å². The summed E-state index contributed by atoms with van der Waals surface area (Å²) in [6.45, 7) is 2.57. The lowest BCUT2D eigenvalue weighted by Crippen LogP contribution is -2.53. The number of H-pyrrole nitrogens is 1. The van der Waals surface area contributed by atoms with Crippen LogP contribution in [0.3, 0.4) is 0 Å². The molecule has 5 nitrogen and oxygen atoms in total. The summed E-state index contributed by atoms with van der Waals surface area (Å²) in [5.74, 6) is 0. The molecule has 130 valence electrons. The second kappa shape index (κ2) is 7.03. The molecular formula is C18H24ClN3O2. The highest BCUT2D eigenvalue weighted by molar-refractivity contribution is 6.31. The molecular weight excluding hydrogens is 326 g/mol. The number of carbonyl (C=O) groups excluding carboxylic acids is 1. The lowest BCUT2D eigenvalue weighted by Gasteiger charge is -2.28. The monoisotopic (exact) mass is 349 g/mol. The Morgan fingerprint density at radius 3 is 2.83 bits per heavy atom. The van der Waals surface area contributed by atoms with E-state index >= 15 is 0 Å². The van der Waals surface area contributed by atoms with Crippen LogP contribution in [-0.4, -0.2) is 34.8 Å². The van der Waals surface area contributed by atoms with Gasteiger partial charge >= 0.3 is 6.03 Å². The van der Waals surface area contributed by atoms with Crippen molar-refractivity contribution in [2.45, 2.75) is 44.6 Å². The molecule has 2 amide bonds. The van der Waals surface area contributed by atoms with Crippen molar-refractivity contribution < 1.29 is 9.90 Å². The summed E-state index contributed by atoms with van der Waals surface area (Å²) < 4.78 is 0. The van der Waals surface area contributed by atoms with Crippen molar-refractivity contribution in [2.75, 3.05) is 13.2 Å². The zero-order valence-corrected chi connectivity index (χ0v) is 14.7. The molecule has 1 aliphatic rings. The van der Waals surface area contributed by atoms with Crippen molar-refractivity contribution in [3.63, 3.8) is 0 Å². The minimum atomic E-state index is -0.436. The summed E-state index contributed by atoms with van der Waals surface area (Å²) in [7, 11) is 0. The highest BCUT2D eigenvalue weighted by Crippen LogP contribution is 2.29. The van der Waals surface area contributed by atoms with Crippen LogP contribution in [0.2, 0.25) is 5.02 Å². The maximum absolute atomic E-state index is 12.1. The molecule has 3 rings (SSSR count). The van der Waals surface area contributed by atoms with Gasteiger partial charge in [0.1, 0.15) is 0 Å². The zero-order chi connectivity index (χ0) is 17.2. The predicted molar refractivity (Wildman–Crippen MR) is 96.6 cm³/mol. The fourth-order valence-corrected chi connectivity index (χ4v) is 3.81. The summed E-state index contributed by atoms with van der Waals surface area (Å²) in [6.07, 6.45) is 4.52. The molecule has 0 spiro atoms. The van der Waals surface area contributed by atoms with Gasteiger partial charge in [0.25, 0.3) is 0 Å². The number of urea groups is 1. The van der Waals surface area contributed by atoms with Crippen LogP contribution < -0.4 is 10.6 Å². The molecule has 1 saturated carbocycles. The fraction of sp³-hybridized carbons (Fsp3) is 0.500. The van der Waals surface area contributed by atoms with Crippen molar-refractivity contribution in [3.8, 4) is 0 Å². The van der Waals surface area contributed by atoms with Gasteiger partial charge in [-0.05, 0) is 49.9 Å². The lowest BCUT2D eigenvalue weighted by atomic mass is 9.99. The number of halogens is 1. The van der Waals surface area contributed by atoms with Crippen LogP contribution in [0.15, 0.2) is 18.2 Å². The maximum atomic E-state index is 12.1. The minimum Gasteiger partial charge on any atom is -0.394 e. The van der Waals surface area contributed by atoms with Crippen LogP contribution in [0, 0.1) is 6.92 Å². The number of aromatic nitrogens is 1. The molecule has 1 aromatic carbocycles. The SMILES string of the molecule is Cc1[nH]c2ccc(Cl)cc2c1CCNC(=O)NC1(CO)CCCC1. The largest absolute Gasteiger partial charge is 0.394 e. The molecule has 0 saturated heterocycles. The first kappa shape index (κ1) is 17.1. The van der Waals surface area contributed by atoms with Crippen LogP contribution in [0.25, 0.3) is 10.9 Å². The van der Waals surface area contributed by atoms with Gasteiger partial charge in [0, 0.05) is 28.2 Å². The molecule has 0 unspecified atom stereocenters. The number of carbonyl (C=O) groups is 1. The number of benzene rings is 1. The van der Waals surface area contributed by atoms with E-state index in [9.17, 15) is 9.90 Å². The summed E-state index contributed by atoms with van der Waals surface area (Å²) in [4.78, 5) is 15.5. The van der Waals surface area contributed by atoms with Gasteiger partial charge in [0.15, 0.2) is 0 Å². The zero-order valence-electron chi connectivity index (χ0n) is 13.9. The van der Waals surface area contributed by atoms with Gasteiger partial charge in [-0.15, -0.1) is 0 Å². The number of rotatable bonds is 5. The van der Waals surface area contributed by atoms with E-state index in [0.29, 0.717) is 11.6 Å². The third-order valence-corrected chi connectivity index (χ3v) is 5.22. The maximum Gasteiger partial charge on any atom is 0.315 e. The molecule has 2 aromatic rings. The number of amides is 2. The van der Waals surface area contributed by atoms with Crippen molar-refractivity contribution in [1.82, 2.24) is 15.6 Å². The van der Waals surface area contributed by atoms with E-state index < -0.39 is 5.54 Å². The number of aromatic amines is 1. The Kier molecular flexibility index (Phi) is 5.01. The molecule has 24 heavy (non-hydrogen) atoms. The standard InChI is InChI=1S/C18H24ClN3O2/c1-12-14(15-10-13(19)4-5-16(15)21-12)6-9-20-17(24)22-18(11-23)7-2-3-8-18/h4-5,10,21,23H,2-3,6-9,11H2,1H3,(H2,20,22,24). The van der Waals surface area contributed by atoms with Gasteiger partial charge in [-0.2, -0.15) is 0 Å². The Morgan fingerprint density at radius 2 is 2.12 bits per heavy atom. The second-order valence-corrected chi connectivity index (χ2v) is 7.13. The molecule has 0 radical (unpaired) electrons. The highest BCUT2D eigenvalue weighted by atomic mass is 35.5. The number of aliphatic hydroxyl groups excluding tert-OH is 1. The summed E-state index contributed by atoms with van der Waals surface area (Å²) in [5, 5.41) is 17.2. The van der Waals surface area contributed by atoms with E-state index in [1.165, 1.54) is 5.56 Å². The van der Waals surface area contributed by atoms with Crippen LogP contribution in [0.1, 0.15) is 36.9 Å². The minimum absolute atomic E-state index is 0.000472. The third kappa shape index (κ3) is 3.52. The molecule has 1 fully saturated rings. The first-order chi connectivity index (χ1) is 11.5. The molecule has 6 heteroatoms. The first-order valence-corrected chi connectivity index (χ1v) is 8.84. The molecule has 0 bridgehead atoms. The van der Waals surface area contributed by atoms with Crippen molar-refractivity contribution in [1.29, 1.82) is 0 Å². The number of fused-ring (bicyclic) bond motifs is 1. The van der Waals surface area contributed by atoms with E-state index in [1.54, 1.807) is 0 Å². The van der Waals surface area contributed by atoms with Gasteiger partial charge in [-0.25, -0.2) is 4.79 Å². The van der Waals surface area contributed by atoms with Gasteiger partial charge in [0.05, 0.1) is 12.1 Å². The average molecular weight is 350 g/mol. The van der Waals surface area contributed by atoms with Crippen LogP contribution >= 0.6 is 11.6 Å².